The van der Waals surface area contributed by atoms with Crippen LogP contribution in [0.15, 0.2) is 24.3 Å². The highest BCUT2D eigenvalue weighted by molar-refractivity contribution is 6.30. The minimum absolute atomic E-state index is 0.0600. The van der Waals surface area contributed by atoms with E-state index in [2.05, 4.69) is 0 Å². The maximum absolute atomic E-state index is 10.7. The van der Waals surface area contributed by atoms with E-state index in [1.165, 1.54) is 0 Å². The highest BCUT2D eigenvalue weighted by Crippen LogP contribution is 2.33. The summed E-state index contributed by atoms with van der Waals surface area (Å²) >= 11 is 5.97. The van der Waals surface area contributed by atoms with Crippen LogP contribution in [0.3, 0.4) is 0 Å². The zero-order valence-corrected chi connectivity index (χ0v) is 10.9. The molecule has 0 heterocycles. The summed E-state index contributed by atoms with van der Waals surface area (Å²) in [7, 11) is 1.68. The molecule has 17 heavy (non-hydrogen) atoms. The molecule has 0 saturated heterocycles. The first kappa shape index (κ1) is 12.9. The van der Waals surface area contributed by atoms with Gasteiger partial charge in [-0.15, -0.1) is 0 Å². The van der Waals surface area contributed by atoms with E-state index in [-0.39, 0.29) is 6.10 Å². The smallest absolute Gasteiger partial charge is 0.0948 e. The van der Waals surface area contributed by atoms with Gasteiger partial charge in [0.2, 0.25) is 0 Å². The van der Waals surface area contributed by atoms with Gasteiger partial charge in [-0.3, -0.25) is 0 Å². The van der Waals surface area contributed by atoms with Crippen molar-refractivity contribution >= 4 is 11.6 Å². The van der Waals surface area contributed by atoms with Crippen LogP contribution in [-0.2, 0) is 11.2 Å². The first-order valence-corrected chi connectivity index (χ1v) is 6.51. The Morgan fingerprint density at radius 3 is 3.00 bits per heavy atom. The average molecular weight is 255 g/mol. The molecular weight excluding hydrogens is 236 g/mol. The van der Waals surface area contributed by atoms with E-state index in [0.29, 0.717) is 6.42 Å². The lowest BCUT2D eigenvalue weighted by Crippen LogP contribution is -2.47. The summed E-state index contributed by atoms with van der Waals surface area (Å²) in [5.74, 6) is 0. The fraction of sp³-hybridized carbons (Fsp3) is 0.571. The Labute approximate surface area is 108 Å². The van der Waals surface area contributed by atoms with Crippen molar-refractivity contribution in [2.24, 2.45) is 0 Å². The zero-order chi connectivity index (χ0) is 12.3. The molecule has 2 atom stereocenters. The van der Waals surface area contributed by atoms with Gasteiger partial charge in [0.15, 0.2) is 0 Å². The minimum Gasteiger partial charge on any atom is -0.387 e. The Morgan fingerprint density at radius 2 is 2.29 bits per heavy atom. The first-order valence-electron chi connectivity index (χ1n) is 6.14. The molecule has 1 aliphatic rings. The van der Waals surface area contributed by atoms with Crippen molar-refractivity contribution in [3.8, 4) is 0 Å². The van der Waals surface area contributed by atoms with Crippen molar-refractivity contribution in [1.29, 1.82) is 0 Å². The Bertz CT molecular complexity index is 380. The summed E-state index contributed by atoms with van der Waals surface area (Å²) in [6, 6.07) is 7.70. The molecular formula is C14H19ClO2. The predicted octanol–water partition coefficient (Wildman–Crippen LogP) is 3.20. The maximum atomic E-state index is 10.7. The lowest BCUT2D eigenvalue weighted by Gasteiger charge is -2.39. The number of aliphatic hydroxyl groups is 1. The van der Waals surface area contributed by atoms with Gasteiger partial charge in [0.25, 0.3) is 0 Å². The monoisotopic (exact) mass is 254 g/mol. The molecule has 0 aliphatic heterocycles. The molecule has 2 rings (SSSR count). The average Bonchev–Trinajstić information content (AvgIpc) is 2.29. The molecule has 1 N–H and O–H groups in total. The van der Waals surface area contributed by atoms with Gasteiger partial charge in [0.1, 0.15) is 0 Å². The van der Waals surface area contributed by atoms with Crippen molar-refractivity contribution in [2.75, 3.05) is 7.11 Å². The molecule has 2 unspecified atom stereocenters. The second kappa shape index (κ2) is 5.38. The van der Waals surface area contributed by atoms with Gasteiger partial charge in [0, 0.05) is 18.6 Å². The summed E-state index contributed by atoms with van der Waals surface area (Å²) in [6.45, 7) is 0. The number of rotatable bonds is 3. The van der Waals surface area contributed by atoms with Crippen LogP contribution in [0.4, 0.5) is 0 Å². The largest absolute Gasteiger partial charge is 0.387 e. The van der Waals surface area contributed by atoms with Gasteiger partial charge in [0.05, 0.1) is 11.7 Å². The second-order valence-electron chi connectivity index (χ2n) is 4.88. The normalized spacial score (nSPS) is 29.2. The summed E-state index contributed by atoms with van der Waals surface area (Å²) in [4.78, 5) is 0. The Balaban J connectivity index is 2.14. The summed E-state index contributed by atoms with van der Waals surface area (Å²) < 4.78 is 5.43. The highest BCUT2D eigenvalue weighted by Gasteiger charge is 2.39. The molecule has 0 spiro atoms. The molecule has 94 valence electrons. The molecule has 0 aromatic heterocycles. The molecule has 0 bridgehead atoms. The van der Waals surface area contributed by atoms with Crippen LogP contribution >= 0.6 is 11.6 Å². The van der Waals surface area contributed by atoms with Crippen molar-refractivity contribution < 1.29 is 9.84 Å². The quantitative estimate of drug-likeness (QED) is 0.898. The van der Waals surface area contributed by atoms with Crippen LogP contribution in [-0.4, -0.2) is 23.9 Å². The fourth-order valence-corrected chi connectivity index (χ4v) is 2.94. The van der Waals surface area contributed by atoms with Gasteiger partial charge in [-0.1, -0.05) is 36.6 Å². The molecule has 1 fully saturated rings. The van der Waals surface area contributed by atoms with Crippen molar-refractivity contribution in [1.82, 2.24) is 0 Å². The molecule has 2 nitrogen and oxygen atoms in total. The fourth-order valence-electron chi connectivity index (χ4n) is 2.73. The summed E-state index contributed by atoms with van der Waals surface area (Å²) in [6.07, 6.45) is 4.50. The van der Waals surface area contributed by atoms with Crippen LogP contribution in [0.25, 0.3) is 0 Å². The van der Waals surface area contributed by atoms with E-state index in [0.717, 1.165) is 36.3 Å². The Hall–Kier alpha value is -0.570. The lowest BCUT2D eigenvalue weighted by atomic mass is 9.78. The van der Waals surface area contributed by atoms with Gasteiger partial charge >= 0.3 is 0 Å². The number of methoxy groups -OCH3 is 1. The van der Waals surface area contributed by atoms with Crippen LogP contribution in [0.2, 0.25) is 5.02 Å². The third-order valence-electron chi connectivity index (χ3n) is 3.61. The third kappa shape index (κ3) is 3.01. The highest BCUT2D eigenvalue weighted by atomic mass is 35.5. The summed E-state index contributed by atoms with van der Waals surface area (Å²) in [5.41, 5.74) is 0.335. The molecule has 3 heteroatoms. The van der Waals surface area contributed by atoms with Crippen molar-refractivity contribution in [3.05, 3.63) is 34.9 Å². The lowest BCUT2D eigenvalue weighted by molar-refractivity contribution is -0.116. The van der Waals surface area contributed by atoms with Crippen LogP contribution in [0.5, 0.6) is 0 Å². The Morgan fingerprint density at radius 1 is 1.47 bits per heavy atom. The molecule has 0 amide bonds. The topological polar surface area (TPSA) is 29.5 Å². The number of benzene rings is 1. The van der Waals surface area contributed by atoms with Gasteiger partial charge < -0.3 is 9.84 Å². The van der Waals surface area contributed by atoms with E-state index >= 15 is 0 Å². The van der Waals surface area contributed by atoms with E-state index in [1.54, 1.807) is 7.11 Å². The third-order valence-corrected chi connectivity index (χ3v) is 3.84. The van der Waals surface area contributed by atoms with Crippen LogP contribution in [0, 0.1) is 0 Å². The standard InChI is InChI=1S/C14H19ClO2/c1-17-13-7-2-3-8-14(13,16)10-11-5-4-6-12(15)9-11/h4-6,9,13,16H,2-3,7-8,10H2,1H3. The number of hydrogen-bond acceptors (Lipinski definition) is 2. The number of ether oxygens (including phenoxy) is 1. The van der Waals surface area contributed by atoms with Gasteiger partial charge in [-0.05, 0) is 30.5 Å². The van der Waals surface area contributed by atoms with E-state index in [1.807, 2.05) is 24.3 Å². The number of hydrogen-bond donors (Lipinski definition) is 1. The molecule has 1 saturated carbocycles. The van der Waals surface area contributed by atoms with E-state index in [4.69, 9.17) is 16.3 Å². The van der Waals surface area contributed by atoms with E-state index in [9.17, 15) is 5.11 Å². The molecule has 1 aliphatic carbocycles. The minimum atomic E-state index is -0.738. The number of halogens is 1. The van der Waals surface area contributed by atoms with E-state index < -0.39 is 5.60 Å². The van der Waals surface area contributed by atoms with Crippen LogP contribution in [0.1, 0.15) is 31.2 Å². The van der Waals surface area contributed by atoms with Crippen molar-refractivity contribution in [3.63, 3.8) is 0 Å². The molecule has 1 aromatic rings. The molecule has 0 radical (unpaired) electrons. The van der Waals surface area contributed by atoms with Gasteiger partial charge in [-0.25, -0.2) is 0 Å². The van der Waals surface area contributed by atoms with Crippen molar-refractivity contribution in [2.45, 2.75) is 43.8 Å². The SMILES string of the molecule is COC1CCCCC1(O)Cc1cccc(Cl)c1. The summed E-state index contributed by atoms with van der Waals surface area (Å²) in [5, 5.41) is 11.4. The zero-order valence-electron chi connectivity index (χ0n) is 10.2. The van der Waals surface area contributed by atoms with Crippen LogP contribution < -0.4 is 0 Å². The first-order chi connectivity index (χ1) is 8.14. The van der Waals surface area contributed by atoms with Gasteiger partial charge in [-0.2, -0.15) is 0 Å². The maximum Gasteiger partial charge on any atom is 0.0948 e. The predicted molar refractivity (Wildman–Crippen MR) is 69.4 cm³/mol. The second-order valence-corrected chi connectivity index (χ2v) is 5.32. The Kier molecular flexibility index (Phi) is 4.08. The molecule has 1 aromatic carbocycles.